The maximum absolute atomic E-state index is 11.2. The van der Waals surface area contributed by atoms with Crippen molar-refractivity contribution in [3.05, 3.63) is 0 Å². The van der Waals surface area contributed by atoms with Crippen LogP contribution in [0.2, 0.25) is 0 Å². The predicted octanol–water partition coefficient (Wildman–Crippen LogP) is 1.04. The summed E-state index contributed by atoms with van der Waals surface area (Å²) in [6, 6.07) is 0.0939. The van der Waals surface area contributed by atoms with Gasteiger partial charge >= 0.3 is 0 Å². The predicted molar refractivity (Wildman–Crippen MR) is 59.5 cm³/mol. The van der Waals surface area contributed by atoms with Crippen LogP contribution in [0.4, 0.5) is 0 Å². The van der Waals surface area contributed by atoms with Crippen LogP contribution in [0.3, 0.4) is 0 Å². The van der Waals surface area contributed by atoms with Gasteiger partial charge in [0, 0.05) is 28.9 Å². The van der Waals surface area contributed by atoms with Crippen LogP contribution in [-0.2, 0) is 15.6 Å². The van der Waals surface area contributed by atoms with Gasteiger partial charge in [-0.1, -0.05) is 15.9 Å². The molecule has 0 aliphatic carbocycles. The Labute approximate surface area is 90.2 Å². The molecule has 0 aliphatic rings. The van der Waals surface area contributed by atoms with E-state index in [0.717, 1.165) is 6.42 Å². The number of hydrogen-bond acceptors (Lipinski definition) is 2. The Morgan fingerprint density at radius 2 is 2.08 bits per heavy atom. The molecule has 0 aliphatic heterocycles. The molecule has 0 fully saturated rings. The highest BCUT2D eigenvalue weighted by Crippen LogP contribution is 1.99. The molecule has 5 heteroatoms. The SMILES string of the molecule is CC(CCS(C)=O)NC(=O)C(C)Br. The van der Waals surface area contributed by atoms with Crippen LogP contribution in [0.1, 0.15) is 20.3 Å². The topological polar surface area (TPSA) is 46.2 Å². The summed E-state index contributed by atoms with van der Waals surface area (Å²) in [6.45, 7) is 3.69. The first-order chi connectivity index (χ1) is 5.93. The van der Waals surface area contributed by atoms with Crippen LogP contribution in [0.25, 0.3) is 0 Å². The Morgan fingerprint density at radius 3 is 2.46 bits per heavy atom. The van der Waals surface area contributed by atoms with E-state index in [4.69, 9.17) is 0 Å². The van der Waals surface area contributed by atoms with Gasteiger partial charge in [-0.25, -0.2) is 0 Å². The summed E-state index contributed by atoms with van der Waals surface area (Å²) in [5.41, 5.74) is 0. The van der Waals surface area contributed by atoms with E-state index < -0.39 is 10.8 Å². The lowest BCUT2D eigenvalue weighted by atomic mass is 10.2. The molecule has 3 atom stereocenters. The van der Waals surface area contributed by atoms with Crippen LogP contribution in [0, 0.1) is 0 Å². The second kappa shape index (κ2) is 6.54. The monoisotopic (exact) mass is 269 g/mol. The van der Waals surface area contributed by atoms with Gasteiger partial charge in [-0.2, -0.15) is 0 Å². The largest absolute Gasteiger partial charge is 0.353 e. The number of hydrogen-bond donors (Lipinski definition) is 1. The molecule has 1 amide bonds. The van der Waals surface area contributed by atoms with Crippen LogP contribution in [0.15, 0.2) is 0 Å². The summed E-state index contributed by atoms with van der Waals surface area (Å²) in [4.78, 5) is 11.0. The van der Waals surface area contributed by atoms with E-state index >= 15 is 0 Å². The summed E-state index contributed by atoms with van der Waals surface area (Å²) < 4.78 is 10.8. The van der Waals surface area contributed by atoms with E-state index in [9.17, 15) is 9.00 Å². The molecule has 3 nitrogen and oxygen atoms in total. The molecule has 13 heavy (non-hydrogen) atoms. The zero-order chi connectivity index (χ0) is 10.4. The second-order valence-electron chi connectivity index (χ2n) is 3.09. The molecule has 0 rings (SSSR count). The lowest BCUT2D eigenvalue weighted by molar-refractivity contribution is -0.120. The fourth-order valence-electron chi connectivity index (χ4n) is 0.773. The molecule has 0 heterocycles. The number of halogens is 1. The van der Waals surface area contributed by atoms with Gasteiger partial charge in [0.15, 0.2) is 0 Å². The highest BCUT2D eigenvalue weighted by Gasteiger charge is 2.11. The molecule has 3 unspecified atom stereocenters. The Hall–Kier alpha value is 0.1000. The Kier molecular flexibility index (Phi) is 6.59. The first-order valence-electron chi connectivity index (χ1n) is 4.18. The molecular formula is C8H16BrNO2S. The fourth-order valence-corrected chi connectivity index (χ4v) is 1.59. The van der Waals surface area contributed by atoms with Crippen LogP contribution in [-0.4, -0.2) is 33.0 Å². The molecule has 78 valence electrons. The lowest BCUT2D eigenvalue weighted by Crippen LogP contribution is -2.37. The van der Waals surface area contributed by atoms with Crippen molar-refractivity contribution in [3.8, 4) is 0 Å². The third-order valence-electron chi connectivity index (χ3n) is 1.59. The van der Waals surface area contributed by atoms with Crippen LogP contribution >= 0.6 is 15.9 Å². The van der Waals surface area contributed by atoms with Gasteiger partial charge in [0.2, 0.25) is 5.91 Å². The maximum atomic E-state index is 11.2. The molecule has 1 N–H and O–H groups in total. The van der Waals surface area contributed by atoms with Gasteiger partial charge < -0.3 is 5.32 Å². The van der Waals surface area contributed by atoms with Crippen molar-refractivity contribution in [2.45, 2.75) is 31.1 Å². The normalized spacial score (nSPS) is 17.5. The number of rotatable bonds is 5. The highest BCUT2D eigenvalue weighted by atomic mass is 79.9. The van der Waals surface area contributed by atoms with E-state index in [1.54, 1.807) is 13.2 Å². The van der Waals surface area contributed by atoms with Crippen molar-refractivity contribution in [2.24, 2.45) is 0 Å². The number of carbonyl (C=O) groups is 1. The standard InChI is InChI=1S/C8H16BrNO2S/c1-6(4-5-13(3)12)10-8(11)7(2)9/h6-7H,4-5H2,1-3H3,(H,10,11). The minimum atomic E-state index is -0.775. The maximum Gasteiger partial charge on any atom is 0.233 e. The van der Waals surface area contributed by atoms with Crippen molar-refractivity contribution < 1.29 is 9.00 Å². The van der Waals surface area contributed by atoms with Gasteiger partial charge in [-0.3, -0.25) is 9.00 Å². The quantitative estimate of drug-likeness (QED) is 0.759. The van der Waals surface area contributed by atoms with Gasteiger partial charge in [-0.05, 0) is 20.3 Å². The van der Waals surface area contributed by atoms with Crippen LogP contribution in [0.5, 0.6) is 0 Å². The van der Waals surface area contributed by atoms with E-state index in [1.807, 2.05) is 6.92 Å². The van der Waals surface area contributed by atoms with Crippen molar-refractivity contribution in [1.29, 1.82) is 0 Å². The number of amides is 1. The number of carbonyl (C=O) groups excluding carboxylic acids is 1. The first kappa shape index (κ1) is 13.1. The number of alkyl halides is 1. The van der Waals surface area contributed by atoms with Gasteiger partial charge in [0.05, 0.1) is 4.83 Å². The summed E-state index contributed by atoms with van der Waals surface area (Å²) in [5.74, 6) is 0.618. The molecule has 0 radical (unpaired) electrons. The summed E-state index contributed by atoms with van der Waals surface area (Å²) in [7, 11) is -0.775. The zero-order valence-corrected chi connectivity index (χ0v) is 10.6. The average molecular weight is 270 g/mol. The molecule has 0 saturated carbocycles. The van der Waals surface area contributed by atoms with Gasteiger partial charge in [0.1, 0.15) is 0 Å². The highest BCUT2D eigenvalue weighted by molar-refractivity contribution is 9.10. The minimum absolute atomic E-state index is 0.0191. The second-order valence-corrected chi connectivity index (χ2v) is 6.02. The zero-order valence-electron chi connectivity index (χ0n) is 8.17. The summed E-state index contributed by atoms with van der Waals surface area (Å²) >= 11 is 3.18. The molecule has 0 spiro atoms. The summed E-state index contributed by atoms with van der Waals surface area (Å²) in [5, 5.41) is 2.81. The molecule has 0 saturated heterocycles. The lowest BCUT2D eigenvalue weighted by Gasteiger charge is -2.13. The molecular weight excluding hydrogens is 254 g/mol. The van der Waals surface area contributed by atoms with Crippen LogP contribution < -0.4 is 5.32 Å². The Balaban J connectivity index is 3.68. The fraction of sp³-hybridized carbons (Fsp3) is 0.875. The average Bonchev–Trinajstić information content (AvgIpc) is 2.00. The minimum Gasteiger partial charge on any atom is -0.353 e. The summed E-state index contributed by atoms with van der Waals surface area (Å²) in [6.07, 6.45) is 2.43. The van der Waals surface area contributed by atoms with E-state index in [2.05, 4.69) is 21.2 Å². The third kappa shape index (κ3) is 7.19. The van der Waals surface area contributed by atoms with Crippen molar-refractivity contribution >= 4 is 32.6 Å². The van der Waals surface area contributed by atoms with Gasteiger partial charge in [0.25, 0.3) is 0 Å². The Bertz CT molecular complexity index is 197. The first-order valence-corrected chi connectivity index (χ1v) is 6.82. The molecule has 0 bridgehead atoms. The van der Waals surface area contributed by atoms with Crippen molar-refractivity contribution in [1.82, 2.24) is 5.32 Å². The van der Waals surface area contributed by atoms with Gasteiger partial charge in [-0.15, -0.1) is 0 Å². The third-order valence-corrected chi connectivity index (χ3v) is 2.81. The van der Waals surface area contributed by atoms with E-state index in [0.29, 0.717) is 5.75 Å². The van der Waals surface area contributed by atoms with E-state index in [-0.39, 0.29) is 16.8 Å². The molecule has 0 aromatic carbocycles. The van der Waals surface area contributed by atoms with Crippen molar-refractivity contribution in [2.75, 3.05) is 12.0 Å². The Morgan fingerprint density at radius 1 is 1.54 bits per heavy atom. The molecule has 0 aromatic rings. The van der Waals surface area contributed by atoms with Crippen molar-refractivity contribution in [3.63, 3.8) is 0 Å². The molecule has 0 aromatic heterocycles. The van der Waals surface area contributed by atoms with E-state index in [1.165, 1.54) is 0 Å². The smallest absolute Gasteiger partial charge is 0.233 e. The number of nitrogens with one attached hydrogen (secondary N) is 1.